The van der Waals surface area contributed by atoms with Crippen molar-refractivity contribution in [3.8, 4) is 0 Å². The van der Waals surface area contributed by atoms with Crippen LogP contribution in [0, 0.1) is 0 Å². The van der Waals surface area contributed by atoms with E-state index >= 15 is 0 Å². The van der Waals surface area contributed by atoms with Crippen molar-refractivity contribution >= 4 is 5.97 Å². The summed E-state index contributed by atoms with van der Waals surface area (Å²) in [6.45, 7) is 2.17. The number of hydrogen-bond acceptors (Lipinski definition) is 3. The molecule has 0 bridgehead atoms. The van der Waals surface area contributed by atoms with E-state index in [0.717, 1.165) is 51.4 Å². The van der Waals surface area contributed by atoms with Crippen molar-refractivity contribution in [3.63, 3.8) is 0 Å². The Kier molecular flexibility index (Phi) is 19.7. The Hall–Kier alpha value is -0.610. The second-order valence-corrected chi connectivity index (χ2v) is 8.20. The van der Waals surface area contributed by atoms with Gasteiger partial charge in [0.05, 0.1) is 12.2 Å². The molecule has 4 heteroatoms. The summed E-state index contributed by atoms with van der Waals surface area (Å²) in [5.74, 6) is -0.678. The normalized spacial score (nSPS) is 13.6. The van der Waals surface area contributed by atoms with E-state index in [1.807, 2.05) is 0 Å². The number of aliphatic hydroxyl groups excluding tert-OH is 2. The van der Waals surface area contributed by atoms with Gasteiger partial charge in [0.15, 0.2) is 0 Å². The molecule has 0 aromatic carbocycles. The molecule has 0 amide bonds. The van der Waals surface area contributed by atoms with Crippen LogP contribution in [0.4, 0.5) is 0 Å². The minimum atomic E-state index is -0.678. The van der Waals surface area contributed by atoms with Gasteiger partial charge in [0.2, 0.25) is 0 Å². The average molecular weight is 387 g/mol. The van der Waals surface area contributed by atoms with Crippen LogP contribution in [0.25, 0.3) is 0 Å². The number of aliphatic carboxylic acids is 1. The number of hydrogen-bond donors (Lipinski definition) is 3. The summed E-state index contributed by atoms with van der Waals surface area (Å²) in [6, 6.07) is 0. The van der Waals surface area contributed by atoms with E-state index in [1.54, 1.807) is 0 Å². The molecule has 2 atom stereocenters. The number of carboxylic acids is 1. The van der Waals surface area contributed by atoms with Gasteiger partial charge in [-0.3, -0.25) is 4.79 Å². The molecule has 0 spiro atoms. The first-order valence-corrected chi connectivity index (χ1v) is 11.6. The van der Waals surface area contributed by atoms with Gasteiger partial charge in [-0.25, -0.2) is 0 Å². The standard InChI is InChI=1S/C23H46O4/c1-2-3-13-16-21(24)19-20-22(25)17-14-11-9-7-5-4-6-8-10-12-15-18-23(26)27/h21-22,24-25H,2-20H2,1H3,(H,26,27). The van der Waals surface area contributed by atoms with Crippen molar-refractivity contribution in [2.24, 2.45) is 0 Å². The summed E-state index contributed by atoms with van der Waals surface area (Å²) in [5.41, 5.74) is 0. The van der Waals surface area contributed by atoms with Crippen LogP contribution in [0.3, 0.4) is 0 Å². The van der Waals surface area contributed by atoms with Crippen molar-refractivity contribution in [1.29, 1.82) is 0 Å². The van der Waals surface area contributed by atoms with Crippen LogP contribution in [0.1, 0.15) is 129 Å². The smallest absolute Gasteiger partial charge is 0.303 e. The monoisotopic (exact) mass is 386 g/mol. The van der Waals surface area contributed by atoms with Crippen LogP contribution in [0.5, 0.6) is 0 Å². The molecule has 27 heavy (non-hydrogen) atoms. The molecule has 0 aromatic heterocycles. The molecule has 3 N–H and O–H groups in total. The second-order valence-electron chi connectivity index (χ2n) is 8.20. The van der Waals surface area contributed by atoms with Crippen molar-refractivity contribution in [1.82, 2.24) is 0 Å². The Balaban J connectivity index is 3.24. The topological polar surface area (TPSA) is 77.8 Å². The maximum atomic E-state index is 10.4. The molecule has 0 aliphatic rings. The molecule has 0 aromatic rings. The van der Waals surface area contributed by atoms with Crippen LogP contribution < -0.4 is 0 Å². The Morgan fingerprint density at radius 2 is 0.963 bits per heavy atom. The fraction of sp³-hybridized carbons (Fsp3) is 0.957. The van der Waals surface area contributed by atoms with Crippen LogP contribution in [0.2, 0.25) is 0 Å². The molecule has 0 fully saturated rings. The van der Waals surface area contributed by atoms with Crippen molar-refractivity contribution in [2.45, 2.75) is 141 Å². The van der Waals surface area contributed by atoms with Crippen LogP contribution in [0.15, 0.2) is 0 Å². The highest BCUT2D eigenvalue weighted by Crippen LogP contribution is 2.15. The van der Waals surface area contributed by atoms with E-state index in [2.05, 4.69) is 6.92 Å². The highest BCUT2D eigenvalue weighted by molar-refractivity contribution is 5.66. The molecular weight excluding hydrogens is 340 g/mol. The molecule has 0 aliphatic heterocycles. The van der Waals surface area contributed by atoms with Crippen molar-refractivity contribution in [3.05, 3.63) is 0 Å². The molecule has 0 aliphatic carbocycles. The zero-order valence-corrected chi connectivity index (χ0v) is 17.8. The van der Waals surface area contributed by atoms with Gasteiger partial charge in [-0.05, 0) is 32.1 Å². The van der Waals surface area contributed by atoms with Gasteiger partial charge in [-0.2, -0.15) is 0 Å². The Morgan fingerprint density at radius 1 is 0.593 bits per heavy atom. The lowest BCUT2D eigenvalue weighted by Gasteiger charge is -2.14. The number of carboxylic acid groups (broad SMARTS) is 1. The summed E-state index contributed by atoms with van der Waals surface area (Å²) in [7, 11) is 0. The predicted octanol–water partition coefficient (Wildman–Crippen LogP) is 6.22. The molecule has 0 radical (unpaired) electrons. The molecule has 0 saturated carbocycles. The molecule has 4 nitrogen and oxygen atoms in total. The van der Waals surface area contributed by atoms with Crippen LogP contribution in [-0.4, -0.2) is 33.5 Å². The minimum absolute atomic E-state index is 0.233. The predicted molar refractivity (Wildman–Crippen MR) is 113 cm³/mol. The lowest BCUT2D eigenvalue weighted by Crippen LogP contribution is -2.13. The van der Waals surface area contributed by atoms with E-state index in [1.165, 1.54) is 64.2 Å². The fourth-order valence-corrected chi connectivity index (χ4v) is 3.55. The van der Waals surface area contributed by atoms with E-state index in [4.69, 9.17) is 5.11 Å². The largest absolute Gasteiger partial charge is 0.481 e. The summed E-state index contributed by atoms with van der Waals surface area (Å²) < 4.78 is 0. The molecule has 162 valence electrons. The van der Waals surface area contributed by atoms with Gasteiger partial charge in [-0.1, -0.05) is 90.4 Å². The van der Waals surface area contributed by atoms with E-state index < -0.39 is 5.97 Å². The first-order valence-electron chi connectivity index (χ1n) is 11.6. The average Bonchev–Trinajstić information content (AvgIpc) is 2.63. The van der Waals surface area contributed by atoms with Gasteiger partial charge in [0.1, 0.15) is 0 Å². The van der Waals surface area contributed by atoms with Gasteiger partial charge in [0, 0.05) is 6.42 Å². The highest BCUT2D eigenvalue weighted by Gasteiger charge is 2.09. The first kappa shape index (κ1) is 26.4. The third-order valence-corrected chi connectivity index (χ3v) is 5.40. The lowest BCUT2D eigenvalue weighted by molar-refractivity contribution is -0.137. The zero-order chi connectivity index (χ0) is 20.2. The number of aliphatic hydroxyl groups is 2. The zero-order valence-electron chi connectivity index (χ0n) is 17.8. The fourth-order valence-electron chi connectivity index (χ4n) is 3.55. The second kappa shape index (κ2) is 20.1. The van der Waals surface area contributed by atoms with Gasteiger partial charge < -0.3 is 15.3 Å². The van der Waals surface area contributed by atoms with Crippen LogP contribution >= 0.6 is 0 Å². The number of carbonyl (C=O) groups is 1. The highest BCUT2D eigenvalue weighted by atomic mass is 16.4. The Labute approximate surface area is 167 Å². The molecule has 0 heterocycles. The summed E-state index contributed by atoms with van der Waals surface area (Å²) in [5, 5.41) is 28.5. The molecular formula is C23H46O4. The summed E-state index contributed by atoms with van der Waals surface area (Å²) in [4.78, 5) is 10.4. The maximum Gasteiger partial charge on any atom is 0.303 e. The summed E-state index contributed by atoms with van der Waals surface area (Å²) in [6.07, 6.45) is 19.5. The third-order valence-electron chi connectivity index (χ3n) is 5.40. The van der Waals surface area contributed by atoms with Crippen molar-refractivity contribution < 1.29 is 20.1 Å². The molecule has 0 saturated heterocycles. The van der Waals surface area contributed by atoms with Crippen LogP contribution in [-0.2, 0) is 4.79 Å². The summed E-state index contributed by atoms with van der Waals surface area (Å²) >= 11 is 0. The lowest BCUT2D eigenvalue weighted by atomic mass is 10.0. The number of rotatable bonds is 21. The van der Waals surface area contributed by atoms with E-state index in [0.29, 0.717) is 6.42 Å². The van der Waals surface area contributed by atoms with E-state index in [-0.39, 0.29) is 12.2 Å². The maximum absolute atomic E-state index is 10.4. The van der Waals surface area contributed by atoms with Gasteiger partial charge in [-0.15, -0.1) is 0 Å². The molecule has 0 rings (SSSR count). The third kappa shape index (κ3) is 21.5. The first-order chi connectivity index (χ1) is 13.1. The quantitative estimate of drug-likeness (QED) is 0.204. The molecule has 2 unspecified atom stereocenters. The van der Waals surface area contributed by atoms with E-state index in [9.17, 15) is 15.0 Å². The van der Waals surface area contributed by atoms with Crippen molar-refractivity contribution in [2.75, 3.05) is 0 Å². The van der Waals surface area contributed by atoms with Gasteiger partial charge in [0.25, 0.3) is 0 Å². The number of unbranched alkanes of at least 4 members (excludes halogenated alkanes) is 12. The SMILES string of the molecule is CCCCCC(O)CCC(O)CCCCCCCCCCCCCC(=O)O. The Morgan fingerprint density at radius 3 is 1.37 bits per heavy atom. The minimum Gasteiger partial charge on any atom is -0.481 e. The Bertz CT molecular complexity index is 320. The van der Waals surface area contributed by atoms with Gasteiger partial charge >= 0.3 is 5.97 Å².